The van der Waals surface area contributed by atoms with Gasteiger partial charge in [0.05, 0.1) is 18.2 Å². The molecule has 7 nitrogen and oxygen atoms in total. The molecule has 2 aromatic rings. The third-order valence-electron chi connectivity index (χ3n) is 6.02. The van der Waals surface area contributed by atoms with E-state index in [1.807, 2.05) is 17.0 Å². The Kier molecular flexibility index (Phi) is 5.47. The van der Waals surface area contributed by atoms with Crippen LogP contribution in [0.3, 0.4) is 0 Å². The van der Waals surface area contributed by atoms with Crippen molar-refractivity contribution in [2.45, 2.75) is 38.3 Å². The molecule has 0 aromatic heterocycles. The number of likely N-dealkylation sites (tertiary alicyclic amines) is 1. The van der Waals surface area contributed by atoms with Crippen molar-refractivity contribution in [2.75, 3.05) is 13.1 Å². The number of piperidine rings is 1. The number of carbonyl (C=O) groups excluding carboxylic acids is 3. The quantitative estimate of drug-likeness (QED) is 0.775. The summed E-state index contributed by atoms with van der Waals surface area (Å²) in [6.07, 6.45) is 3.18. The maximum atomic E-state index is 13.2. The molecular weight excluding hydrogens is 392 g/mol. The Bertz CT molecular complexity index is 1070. The fourth-order valence-electron chi connectivity index (χ4n) is 4.18. The monoisotopic (exact) mass is 416 g/mol. The summed E-state index contributed by atoms with van der Waals surface area (Å²) in [5.74, 6) is -0.379. The van der Waals surface area contributed by atoms with Crippen LogP contribution in [0.1, 0.15) is 53.2 Å². The molecule has 2 aromatic carbocycles. The van der Waals surface area contributed by atoms with Crippen molar-refractivity contribution >= 4 is 17.8 Å². The molecule has 0 unspecified atom stereocenters. The number of urea groups is 1. The summed E-state index contributed by atoms with van der Waals surface area (Å²) in [5, 5.41) is 11.8. The average Bonchev–Trinajstić information content (AvgIpc) is 3.03. The van der Waals surface area contributed by atoms with Crippen LogP contribution in [-0.4, -0.2) is 40.7 Å². The van der Waals surface area contributed by atoms with E-state index in [1.165, 1.54) is 4.90 Å². The SMILES string of the molecule is C[C@]1(c2ccc(C#N)cc2)NC(=O)N(Cc2cccc(C(=O)N3CCCCC3)c2)C1=O. The molecule has 0 bridgehead atoms. The van der Waals surface area contributed by atoms with Crippen LogP contribution in [0, 0.1) is 11.3 Å². The van der Waals surface area contributed by atoms with Crippen molar-refractivity contribution in [1.82, 2.24) is 15.1 Å². The normalized spacial score (nSPS) is 21.0. The standard InChI is InChI=1S/C24H24N4O3/c1-24(20-10-8-17(15-25)9-11-20)22(30)28(23(31)26-24)16-18-6-5-7-19(14-18)21(29)27-12-3-2-4-13-27/h5-11,14H,2-4,12-13,16H2,1H3,(H,26,31)/t24-/m1/s1. The molecule has 7 heteroatoms. The lowest BCUT2D eigenvalue weighted by Crippen LogP contribution is -2.40. The minimum atomic E-state index is -1.20. The maximum Gasteiger partial charge on any atom is 0.325 e. The highest BCUT2D eigenvalue weighted by molar-refractivity contribution is 6.07. The van der Waals surface area contributed by atoms with Gasteiger partial charge in [0.25, 0.3) is 11.8 Å². The smallest absolute Gasteiger partial charge is 0.325 e. The van der Waals surface area contributed by atoms with E-state index in [0.717, 1.165) is 37.9 Å². The minimum absolute atomic E-state index is 0.0128. The van der Waals surface area contributed by atoms with Crippen molar-refractivity contribution in [3.05, 3.63) is 70.8 Å². The summed E-state index contributed by atoms with van der Waals surface area (Å²) in [7, 11) is 0. The first-order chi connectivity index (χ1) is 14.9. The molecule has 0 radical (unpaired) electrons. The summed E-state index contributed by atoms with van der Waals surface area (Å²) >= 11 is 0. The molecule has 2 fully saturated rings. The number of nitrogens with zero attached hydrogens (tertiary/aromatic N) is 3. The van der Waals surface area contributed by atoms with Gasteiger partial charge in [-0.05, 0) is 61.6 Å². The molecule has 1 atom stereocenters. The lowest BCUT2D eigenvalue weighted by Gasteiger charge is -2.27. The number of nitriles is 1. The molecular formula is C24H24N4O3. The minimum Gasteiger partial charge on any atom is -0.339 e. The van der Waals surface area contributed by atoms with Crippen LogP contribution in [0.25, 0.3) is 0 Å². The van der Waals surface area contributed by atoms with Crippen molar-refractivity contribution in [2.24, 2.45) is 0 Å². The van der Waals surface area contributed by atoms with Crippen LogP contribution < -0.4 is 5.32 Å². The predicted octanol–water partition coefficient (Wildman–Crippen LogP) is 3.15. The zero-order valence-corrected chi connectivity index (χ0v) is 17.4. The average molecular weight is 416 g/mol. The van der Waals surface area contributed by atoms with E-state index in [9.17, 15) is 14.4 Å². The van der Waals surface area contributed by atoms with Crippen molar-refractivity contribution in [3.8, 4) is 6.07 Å². The number of carbonyl (C=O) groups is 3. The largest absolute Gasteiger partial charge is 0.339 e. The molecule has 158 valence electrons. The first-order valence-corrected chi connectivity index (χ1v) is 10.5. The zero-order chi connectivity index (χ0) is 22.0. The van der Waals surface area contributed by atoms with Crippen LogP contribution in [0.4, 0.5) is 4.79 Å². The van der Waals surface area contributed by atoms with Gasteiger partial charge >= 0.3 is 6.03 Å². The summed E-state index contributed by atoms with van der Waals surface area (Å²) < 4.78 is 0. The molecule has 2 aliphatic rings. The Morgan fingerprint density at radius 2 is 1.81 bits per heavy atom. The highest BCUT2D eigenvalue weighted by atomic mass is 16.2. The van der Waals surface area contributed by atoms with Gasteiger partial charge in [0.1, 0.15) is 5.54 Å². The lowest BCUT2D eigenvalue weighted by atomic mass is 9.91. The number of hydrogen-bond donors (Lipinski definition) is 1. The first-order valence-electron chi connectivity index (χ1n) is 10.5. The Balaban J connectivity index is 1.53. The number of benzene rings is 2. The van der Waals surface area contributed by atoms with Crippen LogP contribution in [-0.2, 0) is 16.9 Å². The van der Waals surface area contributed by atoms with E-state index < -0.39 is 11.6 Å². The van der Waals surface area contributed by atoms with Gasteiger partial charge in [-0.2, -0.15) is 5.26 Å². The Morgan fingerprint density at radius 3 is 2.48 bits per heavy atom. The number of hydrogen-bond acceptors (Lipinski definition) is 4. The fraction of sp³-hybridized carbons (Fsp3) is 0.333. The van der Waals surface area contributed by atoms with Crippen LogP contribution in [0.2, 0.25) is 0 Å². The van der Waals surface area contributed by atoms with Gasteiger partial charge in [-0.3, -0.25) is 14.5 Å². The summed E-state index contributed by atoms with van der Waals surface area (Å²) in [6.45, 7) is 3.26. The lowest BCUT2D eigenvalue weighted by molar-refractivity contribution is -0.131. The van der Waals surface area contributed by atoms with E-state index in [-0.39, 0.29) is 18.4 Å². The van der Waals surface area contributed by atoms with E-state index in [0.29, 0.717) is 16.7 Å². The van der Waals surface area contributed by atoms with Crippen LogP contribution in [0.5, 0.6) is 0 Å². The van der Waals surface area contributed by atoms with Gasteiger partial charge in [0.2, 0.25) is 0 Å². The highest BCUT2D eigenvalue weighted by Gasteiger charge is 2.48. The topological polar surface area (TPSA) is 93.5 Å². The third kappa shape index (κ3) is 3.89. The predicted molar refractivity (Wildman–Crippen MR) is 114 cm³/mol. The van der Waals surface area contributed by atoms with Gasteiger partial charge in [-0.15, -0.1) is 0 Å². The number of rotatable bonds is 4. The second-order valence-electron chi connectivity index (χ2n) is 8.19. The Morgan fingerprint density at radius 1 is 1.10 bits per heavy atom. The fourth-order valence-corrected chi connectivity index (χ4v) is 4.18. The number of imide groups is 1. The summed E-state index contributed by atoms with van der Waals surface area (Å²) in [6, 6.07) is 15.3. The van der Waals surface area contributed by atoms with Gasteiger partial charge < -0.3 is 10.2 Å². The Hall–Kier alpha value is -3.66. The highest BCUT2D eigenvalue weighted by Crippen LogP contribution is 2.30. The zero-order valence-electron chi connectivity index (χ0n) is 17.4. The van der Waals surface area contributed by atoms with Crippen molar-refractivity contribution < 1.29 is 14.4 Å². The van der Waals surface area contributed by atoms with Gasteiger partial charge in [-0.1, -0.05) is 24.3 Å². The van der Waals surface area contributed by atoms with Gasteiger partial charge in [-0.25, -0.2) is 4.79 Å². The molecule has 0 saturated carbocycles. The van der Waals surface area contributed by atoms with Gasteiger partial charge in [0, 0.05) is 18.7 Å². The first kappa shape index (κ1) is 20.6. The molecule has 0 spiro atoms. The maximum absolute atomic E-state index is 13.2. The Labute approximate surface area is 181 Å². The molecule has 2 heterocycles. The van der Waals surface area contributed by atoms with Gasteiger partial charge in [0.15, 0.2) is 0 Å². The second-order valence-corrected chi connectivity index (χ2v) is 8.19. The second kappa shape index (κ2) is 8.23. The molecule has 4 amide bonds. The van der Waals surface area contributed by atoms with E-state index in [1.54, 1.807) is 49.4 Å². The summed E-state index contributed by atoms with van der Waals surface area (Å²) in [5.41, 5.74) is 1.18. The summed E-state index contributed by atoms with van der Waals surface area (Å²) in [4.78, 5) is 41.6. The van der Waals surface area contributed by atoms with E-state index in [2.05, 4.69) is 5.32 Å². The number of nitrogens with one attached hydrogen (secondary N) is 1. The molecule has 31 heavy (non-hydrogen) atoms. The molecule has 2 aliphatic heterocycles. The van der Waals surface area contributed by atoms with E-state index >= 15 is 0 Å². The third-order valence-corrected chi connectivity index (χ3v) is 6.02. The van der Waals surface area contributed by atoms with Crippen LogP contribution in [0.15, 0.2) is 48.5 Å². The molecule has 1 N–H and O–H groups in total. The molecule has 4 rings (SSSR count). The van der Waals surface area contributed by atoms with Crippen LogP contribution >= 0.6 is 0 Å². The van der Waals surface area contributed by atoms with Crippen molar-refractivity contribution in [1.29, 1.82) is 5.26 Å². The molecule has 2 saturated heterocycles. The van der Waals surface area contributed by atoms with E-state index in [4.69, 9.17) is 5.26 Å². The molecule has 0 aliphatic carbocycles. The van der Waals surface area contributed by atoms with Crippen molar-refractivity contribution in [3.63, 3.8) is 0 Å². The number of amides is 4.